The van der Waals surface area contributed by atoms with Gasteiger partial charge in [-0.1, -0.05) is 48.0 Å². The van der Waals surface area contributed by atoms with Crippen LogP contribution in [0.2, 0.25) is 5.02 Å². The van der Waals surface area contributed by atoms with Gasteiger partial charge in [0.15, 0.2) is 11.5 Å². The van der Waals surface area contributed by atoms with Crippen LogP contribution in [0, 0.1) is 17.4 Å². The van der Waals surface area contributed by atoms with Crippen LogP contribution in [0.4, 0.5) is 10.5 Å². The van der Waals surface area contributed by atoms with Gasteiger partial charge < -0.3 is 14.8 Å². The number of thioether (sulfide) groups is 1. The van der Waals surface area contributed by atoms with Crippen LogP contribution in [0.25, 0.3) is 6.08 Å². The van der Waals surface area contributed by atoms with Gasteiger partial charge in [-0.3, -0.25) is 19.3 Å². The second-order valence-corrected chi connectivity index (χ2v) is 11.1. The molecule has 3 amide bonds. The van der Waals surface area contributed by atoms with Crippen molar-refractivity contribution in [3.8, 4) is 11.5 Å². The van der Waals surface area contributed by atoms with E-state index >= 15 is 0 Å². The van der Waals surface area contributed by atoms with Gasteiger partial charge in [0.05, 0.1) is 15.6 Å². The number of carbonyl (C=O) groups excluding carboxylic acids is 3. The summed E-state index contributed by atoms with van der Waals surface area (Å²) < 4.78 is 12.3. The Balaban J connectivity index is 1.49. The van der Waals surface area contributed by atoms with Crippen LogP contribution in [0.1, 0.15) is 22.3 Å². The highest BCUT2D eigenvalue weighted by atomic mass is 127. The lowest BCUT2D eigenvalue weighted by Gasteiger charge is -2.15. The third kappa shape index (κ3) is 6.33. The van der Waals surface area contributed by atoms with Crippen molar-refractivity contribution >= 4 is 74.8 Å². The number of hydrogen-bond donors (Lipinski definition) is 1. The number of anilines is 1. The van der Waals surface area contributed by atoms with Gasteiger partial charge in [0, 0.05) is 16.3 Å². The first-order valence-corrected chi connectivity index (χ1v) is 13.8. The summed E-state index contributed by atoms with van der Waals surface area (Å²) in [6.45, 7) is 3.66. The van der Waals surface area contributed by atoms with Crippen LogP contribution in [-0.2, 0) is 16.2 Å². The highest BCUT2D eigenvalue weighted by Gasteiger charge is 2.36. The first-order chi connectivity index (χ1) is 18.2. The molecular weight excluding hydrogens is 639 g/mol. The molecule has 0 aromatic heterocycles. The number of para-hydroxylation sites is 1. The number of aryl methyl sites for hydroxylation is 2. The van der Waals surface area contributed by atoms with Crippen LogP contribution in [0.5, 0.6) is 11.5 Å². The zero-order valence-corrected chi connectivity index (χ0v) is 24.6. The largest absolute Gasteiger partial charge is 0.493 e. The van der Waals surface area contributed by atoms with Crippen LogP contribution in [0.3, 0.4) is 0 Å². The van der Waals surface area contributed by atoms with Crippen LogP contribution in [0.15, 0.2) is 59.5 Å². The van der Waals surface area contributed by atoms with Crippen molar-refractivity contribution in [1.82, 2.24) is 4.90 Å². The van der Waals surface area contributed by atoms with Gasteiger partial charge in [-0.15, -0.1) is 0 Å². The molecule has 0 unspecified atom stereocenters. The lowest BCUT2D eigenvalue weighted by Crippen LogP contribution is -2.36. The molecule has 0 spiro atoms. The number of benzene rings is 3. The number of methoxy groups -OCH3 is 1. The molecule has 3 aromatic carbocycles. The molecule has 0 atom stereocenters. The zero-order chi connectivity index (χ0) is 27.4. The van der Waals surface area contributed by atoms with Crippen molar-refractivity contribution in [3.05, 3.63) is 90.3 Å². The van der Waals surface area contributed by atoms with Gasteiger partial charge in [0.1, 0.15) is 13.2 Å². The Kier molecular flexibility index (Phi) is 9.01. The zero-order valence-electron chi connectivity index (χ0n) is 20.8. The summed E-state index contributed by atoms with van der Waals surface area (Å²) in [5, 5.41) is 2.92. The van der Waals surface area contributed by atoms with E-state index < -0.39 is 17.1 Å². The number of hydrogen-bond acceptors (Lipinski definition) is 6. The van der Waals surface area contributed by atoms with Crippen LogP contribution < -0.4 is 14.8 Å². The summed E-state index contributed by atoms with van der Waals surface area (Å²) in [5.41, 5.74) is 3.97. The number of nitrogens with zero attached hydrogens (tertiary/aromatic N) is 1. The fourth-order valence-corrected chi connectivity index (χ4v) is 5.66. The second-order valence-electron chi connectivity index (χ2n) is 8.50. The van der Waals surface area contributed by atoms with Gasteiger partial charge in [-0.05, 0) is 89.2 Å². The van der Waals surface area contributed by atoms with E-state index in [1.807, 2.05) is 56.3 Å². The number of nitrogens with one attached hydrogen (secondary N) is 1. The maximum Gasteiger partial charge on any atom is 0.294 e. The van der Waals surface area contributed by atoms with Crippen molar-refractivity contribution < 1.29 is 23.9 Å². The van der Waals surface area contributed by atoms with E-state index in [0.29, 0.717) is 27.8 Å². The molecule has 0 aliphatic carbocycles. The fourth-order valence-electron chi connectivity index (χ4n) is 3.85. The molecule has 3 aromatic rings. The Morgan fingerprint density at radius 1 is 1.11 bits per heavy atom. The van der Waals surface area contributed by atoms with E-state index in [1.54, 1.807) is 18.2 Å². The normalized spacial score (nSPS) is 14.2. The van der Waals surface area contributed by atoms with Crippen molar-refractivity contribution in [1.29, 1.82) is 0 Å². The van der Waals surface area contributed by atoms with Crippen molar-refractivity contribution in [2.75, 3.05) is 19.0 Å². The quantitative estimate of drug-likeness (QED) is 0.211. The molecule has 0 saturated carbocycles. The SMILES string of the molecule is COc1cc(/C=C2/SC(=O)N(CC(=O)Nc3c(C)cccc3C)C2=O)cc(I)c1OCc1ccccc1Cl. The molecule has 1 aliphatic rings. The molecule has 196 valence electrons. The van der Waals surface area contributed by atoms with Crippen LogP contribution in [-0.4, -0.2) is 35.6 Å². The van der Waals surface area contributed by atoms with E-state index in [1.165, 1.54) is 7.11 Å². The third-order valence-electron chi connectivity index (χ3n) is 5.80. The van der Waals surface area contributed by atoms with Gasteiger partial charge in [-0.2, -0.15) is 0 Å². The number of ether oxygens (including phenoxy) is 2. The molecule has 1 aliphatic heterocycles. The molecule has 1 fully saturated rings. The summed E-state index contributed by atoms with van der Waals surface area (Å²) in [6.07, 6.45) is 1.61. The highest BCUT2D eigenvalue weighted by Crippen LogP contribution is 2.38. The van der Waals surface area contributed by atoms with Gasteiger partial charge in [0.2, 0.25) is 5.91 Å². The van der Waals surface area contributed by atoms with Crippen molar-refractivity contribution in [2.24, 2.45) is 0 Å². The first-order valence-electron chi connectivity index (χ1n) is 11.5. The first kappa shape index (κ1) is 28.0. The Morgan fingerprint density at radius 2 is 1.82 bits per heavy atom. The molecule has 1 saturated heterocycles. The van der Waals surface area contributed by atoms with Gasteiger partial charge >= 0.3 is 0 Å². The van der Waals surface area contributed by atoms with E-state index in [-0.39, 0.29) is 18.1 Å². The highest BCUT2D eigenvalue weighted by molar-refractivity contribution is 14.1. The summed E-state index contributed by atoms with van der Waals surface area (Å²) in [5.74, 6) is 0.0516. The number of carbonyl (C=O) groups is 3. The number of amides is 3. The minimum atomic E-state index is -0.523. The fraction of sp³-hybridized carbons (Fsp3) is 0.179. The van der Waals surface area contributed by atoms with E-state index in [4.69, 9.17) is 21.1 Å². The second kappa shape index (κ2) is 12.2. The summed E-state index contributed by atoms with van der Waals surface area (Å²) in [6, 6.07) is 16.6. The van der Waals surface area contributed by atoms with Gasteiger partial charge in [-0.25, -0.2) is 0 Å². The molecule has 1 heterocycles. The number of rotatable bonds is 8. The monoisotopic (exact) mass is 662 g/mol. The minimum Gasteiger partial charge on any atom is -0.493 e. The molecule has 0 radical (unpaired) electrons. The molecule has 7 nitrogen and oxygen atoms in total. The average Bonchev–Trinajstić information content (AvgIpc) is 3.13. The topological polar surface area (TPSA) is 84.9 Å². The standard InChI is InChI=1S/C28H24ClIN2O5S/c1-16-7-6-8-17(2)25(16)31-24(33)14-32-27(34)23(38-28(32)35)13-18-11-21(30)26(22(12-18)36-3)37-15-19-9-4-5-10-20(19)29/h4-13H,14-15H2,1-3H3,(H,31,33)/b23-13+. The van der Waals surface area contributed by atoms with E-state index in [9.17, 15) is 14.4 Å². The maximum atomic E-state index is 13.0. The smallest absolute Gasteiger partial charge is 0.294 e. The average molecular weight is 663 g/mol. The molecule has 0 bridgehead atoms. The Bertz CT molecular complexity index is 1440. The molecular formula is C28H24ClIN2O5S. The number of imide groups is 1. The lowest BCUT2D eigenvalue weighted by molar-refractivity contribution is -0.127. The lowest BCUT2D eigenvalue weighted by atomic mass is 10.1. The van der Waals surface area contributed by atoms with Crippen molar-refractivity contribution in [2.45, 2.75) is 20.5 Å². The predicted octanol–water partition coefficient (Wildman–Crippen LogP) is 6.82. The Hall–Kier alpha value is -3.02. The predicted molar refractivity (Wildman–Crippen MR) is 159 cm³/mol. The summed E-state index contributed by atoms with van der Waals surface area (Å²) >= 11 is 9.16. The van der Waals surface area contributed by atoms with Crippen LogP contribution >= 0.6 is 46.0 Å². The summed E-state index contributed by atoms with van der Waals surface area (Å²) in [4.78, 5) is 39.4. The minimum absolute atomic E-state index is 0.220. The van der Waals surface area contributed by atoms with E-state index in [0.717, 1.165) is 36.9 Å². The van der Waals surface area contributed by atoms with E-state index in [2.05, 4.69) is 27.9 Å². The number of halogens is 2. The molecule has 38 heavy (non-hydrogen) atoms. The maximum absolute atomic E-state index is 13.0. The van der Waals surface area contributed by atoms with Gasteiger partial charge in [0.25, 0.3) is 11.1 Å². The molecule has 1 N–H and O–H groups in total. The molecule has 10 heteroatoms. The third-order valence-corrected chi connectivity index (χ3v) is 7.88. The summed E-state index contributed by atoms with van der Waals surface area (Å²) in [7, 11) is 1.53. The molecule has 4 rings (SSSR count). The Labute approximate surface area is 243 Å². The van der Waals surface area contributed by atoms with Crippen molar-refractivity contribution in [3.63, 3.8) is 0 Å². The Morgan fingerprint density at radius 3 is 2.50 bits per heavy atom.